The Hall–Kier alpha value is -2.51. The molecule has 2 amide bonds. The van der Waals surface area contributed by atoms with Crippen molar-refractivity contribution in [2.75, 3.05) is 26.2 Å². The predicted molar refractivity (Wildman–Crippen MR) is 158 cm³/mol. The number of nitrogens with one attached hydrogen (secondary N) is 1. The third-order valence-electron chi connectivity index (χ3n) is 9.54. The minimum Gasteiger partial charge on any atom is -0.349 e. The highest BCUT2D eigenvalue weighted by Gasteiger charge is 2.45. The molecule has 2 heterocycles. The summed E-state index contributed by atoms with van der Waals surface area (Å²) in [4.78, 5) is 30.8. The second-order valence-electron chi connectivity index (χ2n) is 13.2. The molecular weight excluding hydrogens is 544 g/mol. The van der Waals surface area contributed by atoms with Crippen LogP contribution in [0.3, 0.4) is 0 Å². The molecule has 3 aliphatic rings. The molecule has 1 aliphatic carbocycles. The van der Waals surface area contributed by atoms with E-state index in [0.717, 1.165) is 43.7 Å². The van der Waals surface area contributed by atoms with Gasteiger partial charge in [-0.2, -0.15) is 0 Å². The van der Waals surface area contributed by atoms with Gasteiger partial charge in [-0.25, -0.2) is 8.78 Å². The molecule has 0 bridgehead atoms. The van der Waals surface area contributed by atoms with Gasteiger partial charge in [0, 0.05) is 54.6 Å². The number of hydrogen-bond acceptors (Lipinski definition) is 3. The first-order valence-electron chi connectivity index (χ1n) is 15.0. The van der Waals surface area contributed by atoms with Crippen LogP contribution in [0.15, 0.2) is 36.4 Å². The van der Waals surface area contributed by atoms with Crippen molar-refractivity contribution in [3.63, 3.8) is 0 Å². The van der Waals surface area contributed by atoms with Crippen molar-refractivity contribution >= 4 is 23.4 Å². The monoisotopic (exact) mass is 585 g/mol. The molecule has 2 unspecified atom stereocenters. The third kappa shape index (κ3) is 6.46. The molecule has 1 N–H and O–H groups in total. The molecule has 0 spiro atoms. The van der Waals surface area contributed by atoms with Crippen LogP contribution in [0.4, 0.5) is 8.78 Å². The zero-order valence-electron chi connectivity index (χ0n) is 24.6. The van der Waals surface area contributed by atoms with Gasteiger partial charge in [-0.05, 0) is 94.2 Å². The van der Waals surface area contributed by atoms with E-state index in [1.807, 2.05) is 24.0 Å². The number of carbonyl (C=O) groups is 2. The van der Waals surface area contributed by atoms with Gasteiger partial charge in [0.15, 0.2) is 0 Å². The first-order valence-corrected chi connectivity index (χ1v) is 15.4. The molecule has 2 saturated heterocycles. The maximum Gasteiger partial charge on any atom is 0.227 e. The molecule has 0 radical (unpaired) electrons. The van der Waals surface area contributed by atoms with E-state index in [9.17, 15) is 18.4 Å². The smallest absolute Gasteiger partial charge is 0.227 e. The maximum absolute atomic E-state index is 14.9. The van der Waals surface area contributed by atoms with Crippen LogP contribution >= 0.6 is 11.6 Å². The first-order chi connectivity index (χ1) is 19.4. The fraction of sp³-hybridized carbons (Fsp3) is 0.576. The summed E-state index contributed by atoms with van der Waals surface area (Å²) in [5.41, 5.74) is 2.45. The third-order valence-corrected chi connectivity index (χ3v) is 9.78. The number of benzene rings is 2. The number of amides is 2. The zero-order valence-corrected chi connectivity index (χ0v) is 25.3. The fourth-order valence-electron chi connectivity index (χ4n) is 6.74. The highest BCUT2D eigenvalue weighted by Crippen LogP contribution is 2.40. The van der Waals surface area contributed by atoms with Crippen LogP contribution in [0.1, 0.15) is 94.4 Å². The zero-order chi connectivity index (χ0) is 29.5. The largest absolute Gasteiger partial charge is 0.349 e. The number of carbonyl (C=O) groups excluding carboxylic acids is 2. The van der Waals surface area contributed by atoms with Crippen LogP contribution in [0, 0.1) is 23.5 Å². The van der Waals surface area contributed by atoms with Crippen molar-refractivity contribution in [2.24, 2.45) is 11.8 Å². The highest BCUT2D eigenvalue weighted by molar-refractivity contribution is 6.30. The van der Waals surface area contributed by atoms with Gasteiger partial charge in [-0.1, -0.05) is 30.2 Å². The SMILES string of the molecule is CC(NC(=O)C1CCC1)c1cc(Cl)ccc1C1CCN(C(=O)[C@@H]2CN(C(C)(C)C)CC2c2ccc(F)cc2F)CC1. The lowest BCUT2D eigenvalue weighted by atomic mass is 9.82. The van der Waals surface area contributed by atoms with Gasteiger partial charge in [0.2, 0.25) is 11.8 Å². The maximum atomic E-state index is 14.9. The van der Waals surface area contributed by atoms with Crippen LogP contribution < -0.4 is 5.32 Å². The summed E-state index contributed by atoms with van der Waals surface area (Å²) < 4.78 is 28.6. The van der Waals surface area contributed by atoms with E-state index in [0.29, 0.717) is 36.8 Å². The van der Waals surface area contributed by atoms with Crippen molar-refractivity contribution in [2.45, 2.75) is 83.2 Å². The van der Waals surface area contributed by atoms with Crippen molar-refractivity contribution in [3.8, 4) is 0 Å². The second kappa shape index (κ2) is 12.0. The molecule has 41 heavy (non-hydrogen) atoms. The molecular formula is C33H42ClF2N3O2. The van der Waals surface area contributed by atoms with E-state index in [1.54, 1.807) is 0 Å². The van der Waals surface area contributed by atoms with Crippen LogP contribution in [0.5, 0.6) is 0 Å². The summed E-state index contributed by atoms with van der Waals surface area (Å²) in [5.74, 6) is -1.40. The number of likely N-dealkylation sites (tertiary alicyclic amines) is 2. The van der Waals surface area contributed by atoms with Crippen molar-refractivity contribution in [1.82, 2.24) is 15.1 Å². The molecule has 3 fully saturated rings. The fourth-order valence-corrected chi connectivity index (χ4v) is 6.92. The summed E-state index contributed by atoms with van der Waals surface area (Å²) in [5, 5.41) is 3.84. The molecule has 222 valence electrons. The minimum absolute atomic E-state index is 0.0429. The summed E-state index contributed by atoms with van der Waals surface area (Å²) >= 11 is 6.39. The van der Waals surface area contributed by atoms with Gasteiger partial charge >= 0.3 is 0 Å². The Kier molecular flexibility index (Phi) is 8.77. The standard InChI is InChI=1S/C33H42ClF2N3O2/c1-20(37-31(40)22-6-5-7-22)27-16-23(34)8-10-25(27)21-12-14-38(15-13-21)32(41)29-19-39(33(2,3)4)18-28(29)26-11-9-24(35)17-30(26)36/h8-11,16-17,20-22,28-29H,5-7,12-15,18-19H2,1-4H3,(H,37,40)/t20?,28?,29-/m1/s1. The molecule has 2 aromatic carbocycles. The van der Waals surface area contributed by atoms with E-state index in [2.05, 4.69) is 37.1 Å². The quantitative estimate of drug-likeness (QED) is 0.405. The molecule has 0 aromatic heterocycles. The Morgan fingerprint density at radius 3 is 2.27 bits per heavy atom. The molecule has 3 atom stereocenters. The van der Waals surface area contributed by atoms with Gasteiger partial charge in [0.1, 0.15) is 11.6 Å². The molecule has 2 aliphatic heterocycles. The molecule has 2 aromatic rings. The van der Waals surface area contributed by atoms with Crippen LogP contribution in [0.2, 0.25) is 5.02 Å². The normalized spacial score (nSPS) is 23.3. The minimum atomic E-state index is -0.611. The van der Waals surface area contributed by atoms with Crippen molar-refractivity contribution < 1.29 is 18.4 Å². The lowest BCUT2D eigenvalue weighted by molar-refractivity contribution is -0.136. The summed E-state index contributed by atoms with van der Waals surface area (Å²) in [7, 11) is 0. The van der Waals surface area contributed by atoms with Crippen molar-refractivity contribution in [3.05, 3.63) is 69.7 Å². The Morgan fingerprint density at radius 2 is 1.66 bits per heavy atom. The molecule has 5 rings (SSSR count). The lowest BCUT2D eigenvalue weighted by Crippen LogP contribution is -2.44. The van der Waals surface area contributed by atoms with Gasteiger partial charge in [0.25, 0.3) is 0 Å². The van der Waals surface area contributed by atoms with Crippen LogP contribution in [-0.2, 0) is 9.59 Å². The van der Waals surface area contributed by atoms with Gasteiger partial charge < -0.3 is 10.2 Å². The number of halogens is 3. The highest BCUT2D eigenvalue weighted by atomic mass is 35.5. The van der Waals surface area contributed by atoms with E-state index in [-0.39, 0.29) is 41.1 Å². The second-order valence-corrected chi connectivity index (χ2v) is 13.6. The van der Waals surface area contributed by atoms with Crippen LogP contribution in [-0.4, -0.2) is 53.3 Å². The summed E-state index contributed by atoms with van der Waals surface area (Å²) in [6.45, 7) is 10.6. The van der Waals surface area contributed by atoms with Crippen molar-refractivity contribution in [1.29, 1.82) is 0 Å². The number of nitrogens with zero attached hydrogens (tertiary/aromatic N) is 2. The Bertz CT molecular complexity index is 1280. The van der Waals surface area contributed by atoms with Gasteiger partial charge in [0.05, 0.1) is 12.0 Å². The van der Waals surface area contributed by atoms with E-state index in [1.165, 1.54) is 17.7 Å². The van der Waals surface area contributed by atoms with Gasteiger partial charge in [-0.3, -0.25) is 14.5 Å². The van der Waals surface area contributed by atoms with Crippen LogP contribution in [0.25, 0.3) is 0 Å². The Labute approximate surface area is 247 Å². The molecule has 1 saturated carbocycles. The predicted octanol–water partition coefficient (Wildman–Crippen LogP) is 6.82. The van der Waals surface area contributed by atoms with E-state index >= 15 is 0 Å². The van der Waals surface area contributed by atoms with E-state index < -0.39 is 17.6 Å². The lowest BCUT2D eigenvalue weighted by Gasteiger charge is -2.36. The Balaban J connectivity index is 1.29. The van der Waals surface area contributed by atoms with Gasteiger partial charge in [-0.15, -0.1) is 0 Å². The molecule has 5 nitrogen and oxygen atoms in total. The number of piperidine rings is 1. The molecule has 8 heteroatoms. The Morgan fingerprint density at radius 1 is 0.976 bits per heavy atom. The summed E-state index contributed by atoms with van der Waals surface area (Å²) in [6.07, 6.45) is 4.62. The van der Waals surface area contributed by atoms with E-state index in [4.69, 9.17) is 11.6 Å². The average molecular weight is 586 g/mol. The first kappa shape index (κ1) is 30.0. The topological polar surface area (TPSA) is 52.7 Å². The number of rotatable bonds is 6. The summed E-state index contributed by atoms with van der Waals surface area (Å²) in [6, 6.07) is 9.48. The number of hydrogen-bond donors (Lipinski definition) is 1. The average Bonchev–Trinajstić information content (AvgIpc) is 3.33.